The highest BCUT2D eigenvalue weighted by atomic mass is 16.4. The van der Waals surface area contributed by atoms with Gasteiger partial charge >= 0.3 is 0 Å². The van der Waals surface area contributed by atoms with E-state index in [1.54, 1.807) is 18.2 Å². The van der Waals surface area contributed by atoms with E-state index in [4.69, 9.17) is 5.11 Å². The lowest BCUT2D eigenvalue weighted by molar-refractivity contribution is -0.699. The van der Waals surface area contributed by atoms with Crippen LogP contribution in [0.2, 0.25) is 0 Å². The van der Waals surface area contributed by atoms with Crippen molar-refractivity contribution in [3.05, 3.63) is 107 Å². The lowest BCUT2D eigenvalue weighted by Crippen LogP contribution is -2.83. The fourth-order valence-corrected chi connectivity index (χ4v) is 2.68. The van der Waals surface area contributed by atoms with Gasteiger partial charge in [-0.05, 0) is 12.5 Å². The molecule has 0 radical (unpaired) electrons. The highest BCUT2D eigenvalue weighted by Gasteiger charge is 2.13. The van der Waals surface area contributed by atoms with Crippen molar-refractivity contribution in [2.45, 2.75) is 25.6 Å². The van der Waals surface area contributed by atoms with E-state index in [2.05, 4.69) is 42.6 Å². The zero-order chi connectivity index (χ0) is 21.1. The summed E-state index contributed by atoms with van der Waals surface area (Å²) in [6.45, 7) is 2.88. The molecule has 0 spiro atoms. The zero-order valence-electron chi connectivity index (χ0n) is 16.2. The van der Waals surface area contributed by atoms with Gasteiger partial charge in [0.2, 0.25) is 0 Å². The van der Waals surface area contributed by atoms with Gasteiger partial charge in [0.05, 0.1) is 5.97 Å². The Bertz CT molecular complexity index is 920. The summed E-state index contributed by atoms with van der Waals surface area (Å²) in [6.07, 6.45) is -1.52. The molecule has 3 N–H and O–H groups in total. The van der Waals surface area contributed by atoms with Crippen LogP contribution in [0.1, 0.15) is 34.4 Å². The Labute approximate surface area is 170 Å². The average molecular weight is 388 g/mol. The average Bonchev–Trinajstić information content (AvgIpc) is 2.76. The van der Waals surface area contributed by atoms with E-state index in [9.17, 15) is 15.2 Å². The summed E-state index contributed by atoms with van der Waals surface area (Å²) in [7, 11) is 0. The predicted molar refractivity (Wildman–Crippen MR) is 108 cm³/mol. The van der Waals surface area contributed by atoms with Gasteiger partial charge in [-0.2, -0.15) is 5.26 Å². The third kappa shape index (κ3) is 7.23. The van der Waals surface area contributed by atoms with Crippen molar-refractivity contribution in [2.24, 2.45) is 0 Å². The fourth-order valence-electron chi connectivity index (χ4n) is 2.68. The maximum atomic E-state index is 10.1. The molecule has 0 heterocycles. The van der Waals surface area contributed by atoms with E-state index in [0.29, 0.717) is 5.56 Å². The molecule has 0 saturated carbocycles. The molecule has 2 atom stereocenters. The van der Waals surface area contributed by atoms with Crippen molar-refractivity contribution in [3.8, 4) is 6.07 Å². The molecule has 0 fully saturated rings. The van der Waals surface area contributed by atoms with Gasteiger partial charge in [-0.25, -0.2) is 0 Å². The molecule has 0 aliphatic heterocycles. The molecule has 0 bridgehead atoms. The Morgan fingerprint density at radius 3 is 2.03 bits per heavy atom. The minimum atomic E-state index is -1.52. The first kappa shape index (κ1) is 21.8. The third-order valence-corrected chi connectivity index (χ3v) is 4.35. The standard InChI is InChI=1S/C16H16N2.C8H8O3/c1-13-7-9-15(10-8-13)16(11-17)18-12-14-5-3-2-4-6-14;9-7(8(10)11)6-4-2-1-3-5-6/h2-10,16,18H,12H2,1H3;1-5,7,9H,(H,10,11)/t16-;7-/m11/s1. The molecule has 0 amide bonds. The van der Waals surface area contributed by atoms with Gasteiger partial charge in [-0.3, -0.25) is 0 Å². The third-order valence-electron chi connectivity index (χ3n) is 4.35. The number of hydrogen-bond donors (Lipinski definition) is 2. The Morgan fingerprint density at radius 1 is 0.966 bits per heavy atom. The molecular formula is C24H24N2O3. The van der Waals surface area contributed by atoms with Crippen molar-refractivity contribution in [1.82, 2.24) is 0 Å². The Hall–Kier alpha value is -3.46. The number of benzene rings is 3. The van der Waals surface area contributed by atoms with E-state index in [1.807, 2.05) is 30.3 Å². The summed E-state index contributed by atoms with van der Waals surface area (Å²) < 4.78 is 0. The SMILES string of the molecule is Cc1ccc([C@@H](C#N)[NH2+]Cc2ccccc2)cc1.O=C([O-])[C@H](O)c1ccccc1. The number of hydrogen-bond acceptors (Lipinski definition) is 4. The van der Waals surface area contributed by atoms with Crippen LogP contribution in [0.25, 0.3) is 0 Å². The molecule has 0 aromatic heterocycles. The number of nitrogens with zero attached hydrogens (tertiary/aromatic N) is 1. The first-order chi connectivity index (χ1) is 14.0. The monoisotopic (exact) mass is 388 g/mol. The van der Waals surface area contributed by atoms with Crippen molar-refractivity contribution in [2.75, 3.05) is 0 Å². The summed E-state index contributed by atoms with van der Waals surface area (Å²) in [5.74, 6) is -1.48. The quantitative estimate of drug-likeness (QED) is 0.672. The van der Waals surface area contributed by atoms with Crippen LogP contribution in [0.5, 0.6) is 0 Å². The van der Waals surface area contributed by atoms with Crippen LogP contribution in [-0.4, -0.2) is 11.1 Å². The Kier molecular flexibility index (Phi) is 8.58. The van der Waals surface area contributed by atoms with Gasteiger partial charge in [-0.1, -0.05) is 90.5 Å². The molecule has 5 nitrogen and oxygen atoms in total. The van der Waals surface area contributed by atoms with Crippen LogP contribution >= 0.6 is 0 Å². The highest BCUT2D eigenvalue weighted by molar-refractivity contribution is 5.71. The smallest absolute Gasteiger partial charge is 0.199 e. The number of aryl methyl sites for hydroxylation is 1. The molecule has 5 heteroatoms. The van der Waals surface area contributed by atoms with E-state index in [-0.39, 0.29) is 6.04 Å². The molecular weight excluding hydrogens is 364 g/mol. The Balaban J connectivity index is 0.000000234. The van der Waals surface area contributed by atoms with Crippen LogP contribution in [-0.2, 0) is 11.3 Å². The number of aliphatic carboxylic acids is 1. The largest absolute Gasteiger partial charge is 0.547 e. The topological polar surface area (TPSA) is 101 Å². The number of rotatable bonds is 6. The summed E-state index contributed by atoms with van der Waals surface area (Å²) >= 11 is 0. The van der Waals surface area contributed by atoms with Gasteiger partial charge in [0.15, 0.2) is 6.04 Å². The molecule has 0 saturated heterocycles. The lowest BCUT2D eigenvalue weighted by Gasteiger charge is -2.10. The van der Waals surface area contributed by atoms with Gasteiger partial charge in [-0.15, -0.1) is 0 Å². The van der Waals surface area contributed by atoms with Gasteiger partial charge in [0.1, 0.15) is 18.7 Å². The van der Waals surface area contributed by atoms with E-state index >= 15 is 0 Å². The fraction of sp³-hybridized carbons (Fsp3) is 0.167. The van der Waals surface area contributed by atoms with Crippen molar-refractivity contribution in [3.63, 3.8) is 0 Å². The van der Waals surface area contributed by atoms with E-state index in [1.165, 1.54) is 23.3 Å². The van der Waals surface area contributed by atoms with Crippen LogP contribution < -0.4 is 10.4 Å². The molecule has 0 aliphatic rings. The summed E-state index contributed by atoms with van der Waals surface area (Å²) in [5, 5.41) is 30.4. The number of carboxylic acid groups (broad SMARTS) is 1. The first-order valence-corrected chi connectivity index (χ1v) is 9.28. The summed E-state index contributed by atoms with van der Waals surface area (Å²) in [6, 6.07) is 28.7. The maximum Gasteiger partial charge on any atom is 0.199 e. The van der Waals surface area contributed by atoms with Crippen LogP contribution in [0.4, 0.5) is 0 Å². The van der Waals surface area contributed by atoms with E-state index < -0.39 is 12.1 Å². The number of aliphatic hydroxyl groups is 1. The predicted octanol–water partition coefficient (Wildman–Crippen LogP) is 1.79. The van der Waals surface area contributed by atoms with E-state index in [0.717, 1.165) is 12.1 Å². The van der Waals surface area contributed by atoms with Gasteiger partial charge in [0.25, 0.3) is 0 Å². The molecule has 3 aromatic rings. The lowest BCUT2D eigenvalue weighted by atomic mass is 10.1. The number of nitrogens with two attached hydrogens (primary N) is 1. The molecule has 3 aromatic carbocycles. The molecule has 0 unspecified atom stereocenters. The summed E-state index contributed by atoms with van der Waals surface area (Å²) in [5.41, 5.74) is 3.87. The van der Waals surface area contributed by atoms with Gasteiger partial charge in [0, 0.05) is 11.1 Å². The normalized spacial score (nSPS) is 12.0. The minimum Gasteiger partial charge on any atom is -0.547 e. The van der Waals surface area contributed by atoms with Crippen LogP contribution in [0.3, 0.4) is 0 Å². The number of carbonyl (C=O) groups excluding carboxylic acids is 1. The van der Waals surface area contributed by atoms with Crippen LogP contribution in [0, 0.1) is 18.3 Å². The number of quaternary nitrogens is 1. The van der Waals surface area contributed by atoms with Crippen LogP contribution in [0.15, 0.2) is 84.9 Å². The minimum absolute atomic E-state index is 0.134. The maximum absolute atomic E-state index is 10.1. The molecule has 148 valence electrons. The first-order valence-electron chi connectivity index (χ1n) is 9.28. The van der Waals surface area contributed by atoms with Gasteiger partial charge < -0.3 is 20.3 Å². The Morgan fingerprint density at radius 2 is 1.52 bits per heavy atom. The van der Waals surface area contributed by atoms with Crippen molar-refractivity contribution in [1.29, 1.82) is 5.26 Å². The number of carboxylic acids is 1. The zero-order valence-corrected chi connectivity index (χ0v) is 16.2. The van der Waals surface area contributed by atoms with Crippen molar-refractivity contribution < 1.29 is 20.3 Å². The molecule has 29 heavy (non-hydrogen) atoms. The highest BCUT2D eigenvalue weighted by Crippen LogP contribution is 2.10. The second-order valence-electron chi connectivity index (χ2n) is 6.58. The second kappa shape index (κ2) is 11.4. The second-order valence-corrected chi connectivity index (χ2v) is 6.58. The number of carbonyl (C=O) groups is 1. The van der Waals surface area contributed by atoms with Crippen molar-refractivity contribution >= 4 is 5.97 Å². The molecule has 0 aliphatic carbocycles. The number of aliphatic hydroxyl groups excluding tert-OH is 1. The number of nitriles is 1. The molecule has 3 rings (SSSR count). The summed E-state index contributed by atoms with van der Waals surface area (Å²) in [4.78, 5) is 10.1.